The van der Waals surface area contributed by atoms with E-state index in [0.29, 0.717) is 25.2 Å². The zero-order chi connectivity index (χ0) is 12.4. The van der Waals surface area contributed by atoms with Crippen molar-refractivity contribution in [2.45, 2.75) is 25.7 Å². The lowest BCUT2D eigenvalue weighted by atomic mass is 10.2. The molecule has 0 unspecified atom stereocenters. The van der Waals surface area contributed by atoms with Gasteiger partial charge in [0.05, 0.1) is 6.61 Å². The first-order valence-electron chi connectivity index (χ1n) is 4.82. The minimum atomic E-state index is -1.26. The van der Waals surface area contributed by atoms with Gasteiger partial charge in [0.1, 0.15) is 0 Å². The van der Waals surface area contributed by atoms with Gasteiger partial charge in [-0.3, -0.25) is 4.79 Å². The summed E-state index contributed by atoms with van der Waals surface area (Å²) in [5.41, 5.74) is 0. The Morgan fingerprint density at radius 2 is 1.62 bits per heavy atom. The quantitative estimate of drug-likeness (QED) is 0.538. The summed E-state index contributed by atoms with van der Waals surface area (Å²) in [5.74, 6) is -2.54. The predicted molar refractivity (Wildman–Crippen MR) is 53.8 cm³/mol. The van der Waals surface area contributed by atoms with Crippen molar-refractivity contribution < 1.29 is 29.3 Å². The van der Waals surface area contributed by atoms with Crippen LogP contribution in [-0.4, -0.2) is 34.7 Å². The van der Waals surface area contributed by atoms with Gasteiger partial charge in [0.2, 0.25) is 0 Å². The van der Waals surface area contributed by atoms with Crippen molar-refractivity contribution in [3.05, 3.63) is 12.2 Å². The highest BCUT2D eigenvalue weighted by Crippen LogP contribution is 2.06. The Hall–Kier alpha value is -1.85. The Morgan fingerprint density at radius 3 is 2.12 bits per heavy atom. The van der Waals surface area contributed by atoms with Crippen molar-refractivity contribution in [2.75, 3.05) is 6.61 Å². The maximum atomic E-state index is 10.5. The van der Waals surface area contributed by atoms with Crippen LogP contribution in [0.5, 0.6) is 0 Å². The molecule has 0 atom stereocenters. The zero-order valence-electron chi connectivity index (χ0n) is 8.72. The van der Waals surface area contributed by atoms with Crippen LogP contribution in [0.1, 0.15) is 25.7 Å². The van der Waals surface area contributed by atoms with Crippen LogP contribution in [-0.2, 0) is 19.1 Å². The average molecular weight is 230 g/mol. The van der Waals surface area contributed by atoms with E-state index in [4.69, 9.17) is 14.9 Å². The first kappa shape index (κ1) is 14.2. The number of ether oxygens (including phenoxy) is 1. The number of carboxylic acid groups (broad SMARTS) is 2. The Balaban J connectivity index is 0.000000281. The Kier molecular flexibility index (Phi) is 7.48. The molecule has 0 aliphatic carbocycles. The highest BCUT2D eigenvalue weighted by atomic mass is 16.5. The first-order chi connectivity index (χ1) is 7.52. The molecule has 1 fully saturated rings. The molecule has 0 spiro atoms. The fraction of sp³-hybridized carbons (Fsp3) is 0.500. The van der Waals surface area contributed by atoms with E-state index in [1.54, 1.807) is 0 Å². The second-order valence-corrected chi connectivity index (χ2v) is 3.04. The summed E-state index contributed by atoms with van der Waals surface area (Å²) in [6.07, 6.45) is 4.95. The zero-order valence-corrected chi connectivity index (χ0v) is 8.72. The molecule has 0 aromatic rings. The molecular weight excluding hydrogens is 216 g/mol. The lowest BCUT2D eigenvalue weighted by molar-refractivity contribution is -0.142. The van der Waals surface area contributed by atoms with Crippen LogP contribution in [0.15, 0.2) is 12.2 Å². The second kappa shape index (κ2) is 8.46. The number of hydrogen-bond acceptors (Lipinski definition) is 4. The lowest BCUT2D eigenvalue weighted by Gasteiger charge is -1.93. The van der Waals surface area contributed by atoms with E-state index >= 15 is 0 Å². The third-order valence-electron chi connectivity index (χ3n) is 1.66. The SMILES string of the molecule is O=C(O)/C=C/C(=O)O.O=C1CCCCCO1. The maximum Gasteiger partial charge on any atom is 0.328 e. The van der Waals surface area contributed by atoms with E-state index in [2.05, 4.69) is 0 Å². The van der Waals surface area contributed by atoms with E-state index in [1.165, 1.54) is 0 Å². The predicted octanol–water partition coefficient (Wildman–Crippen LogP) is 0.815. The minimum absolute atomic E-state index is 0.0255. The Morgan fingerprint density at radius 1 is 1.06 bits per heavy atom. The molecule has 6 nitrogen and oxygen atoms in total. The van der Waals surface area contributed by atoms with Gasteiger partial charge in [-0.25, -0.2) is 9.59 Å². The molecule has 1 aliphatic heterocycles. The smallest absolute Gasteiger partial charge is 0.328 e. The molecule has 1 aliphatic rings. The van der Waals surface area contributed by atoms with Crippen LogP contribution >= 0.6 is 0 Å². The van der Waals surface area contributed by atoms with Gasteiger partial charge in [-0.2, -0.15) is 0 Å². The second-order valence-electron chi connectivity index (χ2n) is 3.04. The summed E-state index contributed by atoms with van der Waals surface area (Å²) in [4.78, 5) is 29.6. The highest BCUT2D eigenvalue weighted by molar-refractivity contribution is 5.89. The number of carbonyl (C=O) groups is 3. The molecule has 0 aromatic heterocycles. The number of aliphatic carboxylic acids is 2. The van der Waals surface area contributed by atoms with Gasteiger partial charge in [0.25, 0.3) is 0 Å². The molecule has 0 saturated carbocycles. The average Bonchev–Trinajstić information content (AvgIpc) is 2.44. The van der Waals surface area contributed by atoms with E-state index in [9.17, 15) is 14.4 Å². The molecule has 1 rings (SSSR count). The van der Waals surface area contributed by atoms with Crippen LogP contribution in [0.3, 0.4) is 0 Å². The standard InChI is InChI=1S/C6H10O2.C4H4O4/c7-6-4-2-1-3-5-8-6;5-3(6)1-2-4(7)8/h1-5H2;1-2H,(H,5,6)(H,7,8)/b;2-1+. The van der Waals surface area contributed by atoms with Gasteiger partial charge in [0, 0.05) is 18.6 Å². The van der Waals surface area contributed by atoms with E-state index in [1.807, 2.05) is 0 Å². The molecule has 0 radical (unpaired) electrons. The van der Waals surface area contributed by atoms with Gasteiger partial charge in [-0.15, -0.1) is 0 Å². The summed E-state index contributed by atoms with van der Waals surface area (Å²) in [7, 11) is 0. The van der Waals surface area contributed by atoms with E-state index in [-0.39, 0.29) is 5.97 Å². The Labute approximate surface area is 92.5 Å². The van der Waals surface area contributed by atoms with Crippen molar-refractivity contribution in [3.8, 4) is 0 Å². The third-order valence-corrected chi connectivity index (χ3v) is 1.66. The van der Waals surface area contributed by atoms with Crippen molar-refractivity contribution >= 4 is 17.9 Å². The van der Waals surface area contributed by atoms with Crippen LogP contribution in [0, 0.1) is 0 Å². The van der Waals surface area contributed by atoms with Gasteiger partial charge < -0.3 is 14.9 Å². The highest BCUT2D eigenvalue weighted by Gasteiger charge is 2.05. The number of hydrogen-bond donors (Lipinski definition) is 2. The van der Waals surface area contributed by atoms with E-state index in [0.717, 1.165) is 19.3 Å². The molecule has 90 valence electrons. The molecule has 0 bridgehead atoms. The molecule has 1 heterocycles. The van der Waals surface area contributed by atoms with Crippen molar-refractivity contribution in [1.29, 1.82) is 0 Å². The fourth-order valence-electron chi connectivity index (χ4n) is 0.949. The van der Waals surface area contributed by atoms with Crippen molar-refractivity contribution in [2.24, 2.45) is 0 Å². The summed E-state index contributed by atoms with van der Waals surface area (Å²) in [5, 5.41) is 15.6. The van der Waals surface area contributed by atoms with Crippen molar-refractivity contribution in [3.63, 3.8) is 0 Å². The molecule has 0 amide bonds. The van der Waals surface area contributed by atoms with Gasteiger partial charge in [-0.1, -0.05) is 0 Å². The summed E-state index contributed by atoms with van der Waals surface area (Å²) in [6, 6.07) is 0. The number of esters is 1. The fourth-order valence-corrected chi connectivity index (χ4v) is 0.949. The number of carbonyl (C=O) groups excluding carboxylic acids is 1. The van der Waals surface area contributed by atoms with Gasteiger partial charge in [0.15, 0.2) is 0 Å². The largest absolute Gasteiger partial charge is 0.478 e. The van der Waals surface area contributed by atoms with E-state index < -0.39 is 11.9 Å². The molecule has 2 N–H and O–H groups in total. The maximum absolute atomic E-state index is 10.5. The van der Waals surface area contributed by atoms with Gasteiger partial charge in [-0.05, 0) is 19.3 Å². The third kappa shape index (κ3) is 10.2. The molecular formula is C10H14O6. The van der Waals surface area contributed by atoms with Crippen molar-refractivity contribution in [1.82, 2.24) is 0 Å². The Bertz CT molecular complexity index is 255. The first-order valence-corrected chi connectivity index (χ1v) is 4.82. The van der Waals surface area contributed by atoms with Crippen LogP contribution in [0.25, 0.3) is 0 Å². The lowest BCUT2D eigenvalue weighted by Crippen LogP contribution is -2.00. The molecule has 6 heteroatoms. The van der Waals surface area contributed by atoms with Crippen LogP contribution < -0.4 is 0 Å². The number of carboxylic acids is 2. The normalized spacial score (nSPS) is 15.6. The van der Waals surface area contributed by atoms with Crippen LogP contribution in [0.2, 0.25) is 0 Å². The van der Waals surface area contributed by atoms with Gasteiger partial charge >= 0.3 is 17.9 Å². The summed E-state index contributed by atoms with van der Waals surface area (Å²) < 4.78 is 4.76. The monoisotopic (exact) mass is 230 g/mol. The summed E-state index contributed by atoms with van der Waals surface area (Å²) >= 11 is 0. The minimum Gasteiger partial charge on any atom is -0.478 e. The molecule has 1 saturated heterocycles. The number of cyclic esters (lactones) is 1. The van der Waals surface area contributed by atoms with Crippen LogP contribution in [0.4, 0.5) is 0 Å². The number of rotatable bonds is 2. The summed E-state index contributed by atoms with van der Waals surface area (Å²) in [6.45, 7) is 0.638. The topological polar surface area (TPSA) is 101 Å². The molecule has 0 aromatic carbocycles. The molecule has 16 heavy (non-hydrogen) atoms.